The Balaban J connectivity index is 0.000000161. The second-order valence-corrected chi connectivity index (χ2v) is 22.2. The Hall–Kier alpha value is -3.96. The molecule has 304 valence electrons. The smallest absolute Gasteiger partial charge is 0.198 e. The van der Waals surface area contributed by atoms with Crippen molar-refractivity contribution in [2.75, 3.05) is 11.1 Å². The molecule has 8 rings (SSSR count). The fourth-order valence-corrected chi connectivity index (χ4v) is 8.83. The molecule has 2 aliphatic carbocycles. The van der Waals surface area contributed by atoms with Crippen molar-refractivity contribution in [3.63, 3.8) is 0 Å². The summed E-state index contributed by atoms with van der Waals surface area (Å²) >= 11 is 3.42. The molecule has 0 spiro atoms. The molecule has 0 saturated heterocycles. The van der Waals surface area contributed by atoms with Gasteiger partial charge in [0.2, 0.25) is 0 Å². The SMILES string of the molecule is CC(C)(C)c1ccc(N)cc1.CC(C)(C)c1ccc(Nc2cc3cc4c(cc3o2)C(C)(C)CCC4(C)C)cc1.CC1(C)CCC(C)(C)c2cc3oc(Br)cc3cc21. The number of halogens is 1. The number of anilines is 3. The van der Waals surface area contributed by atoms with Gasteiger partial charge in [0, 0.05) is 28.2 Å². The van der Waals surface area contributed by atoms with Gasteiger partial charge in [-0.1, -0.05) is 121 Å². The Morgan fingerprint density at radius 3 is 1.30 bits per heavy atom. The number of hydrogen-bond acceptors (Lipinski definition) is 4. The zero-order chi connectivity index (χ0) is 41.9. The molecule has 0 fully saturated rings. The molecule has 6 aromatic rings. The van der Waals surface area contributed by atoms with E-state index in [1.807, 2.05) is 12.1 Å². The van der Waals surface area contributed by atoms with Gasteiger partial charge < -0.3 is 19.9 Å². The Morgan fingerprint density at radius 1 is 0.509 bits per heavy atom. The lowest BCUT2D eigenvalue weighted by Gasteiger charge is -2.41. The minimum Gasteiger partial charge on any atom is -0.449 e. The standard InChI is InChI=1S/C26H33NO.C16H19BrO.C10H15N/c1-24(2,3)18-8-10-19(11-9-18)27-23-15-17-14-20-21(16-22(17)28-23)26(6,7)13-12-25(20,4)5;1-15(2)5-6-16(3,4)12-9-13-10(7-11(12)15)8-14(17)18-13;1-10(2,3)8-4-6-9(11)7-5-8/h8-11,14-16,27H,12-13H2,1-7H3;7-9H,5-6H2,1-4H3;4-7H,11H2,1-3H3. The molecule has 0 amide bonds. The molecule has 4 nitrogen and oxygen atoms in total. The summed E-state index contributed by atoms with van der Waals surface area (Å²) < 4.78 is 12.7. The molecule has 4 aromatic carbocycles. The van der Waals surface area contributed by atoms with Crippen LogP contribution in [0.25, 0.3) is 21.9 Å². The number of rotatable bonds is 2. The van der Waals surface area contributed by atoms with E-state index < -0.39 is 0 Å². The van der Waals surface area contributed by atoms with Crippen LogP contribution >= 0.6 is 15.9 Å². The van der Waals surface area contributed by atoms with Gasteiger partial charge in [-0.15, -0.1) is 0 Å². The number of hydrogen-bond donors (Lipinski definition) is 2. The Morgan fingerprint density at radius 2 is 0.877 bits per heavy atom. The number of furan rings is 2. The fourth-order valence-electron chi connectivity index (χ4n) is 8.41. The summed E-state index contributed by atoms with van der Waals surface area (Å²) in [5.41, 5.74) is 19.2. The van der Waals surface area contributed by atoms with E-state index in [0.29, 0.717) is 0 Å². The van der Waals surface area contributed by atoms with Gasteiger partial charge in [-0.3, -0.25) is 0 Å². The van der Waals surface area contributed by atoms with Crippen LogP contribution in [0.2, 0.25) is 0 Å². The molecular weight excluding hydrogens is 764 g/mol. The average molecular weight is 832 g/mol. The second-order valence-electron chi connectivity index (χ2n) is 21.4. The highest BCUT2D eigenvalue weighted by Crippen LogP contribution is 2.49. The molecule has 2 aliphatic rings. The van der Waals surface area contributed by atoms with E-state index in [2.05, 4.69) is 191 Å². The molecule has 57 heavy (non-hydrogen) atoms. The van der Waals surface area contributed by atoms with Crippen LogP contribution in [0.15, 0.2) is 98.4 Å². The van der Waals surface area contributed by atoms with Crippen LogP contribution in [0.5, 0.6) is 0 Å². The van der Waals surface area contributed by atoms with Crippen molar-refractivity contribution < 1.29 is 8.83 Å². The minimum atomic E-state index is 0.163. The van der Waals surface area contributed by atoms with Gasteiger partial charge in [0.05, 0.1) is 0 Å². The highest BCUT2D eigenvalue weighted by atomic mass is 79.9. The molecule has 5 heteroatoms. The third-order valence-corrected chi connectivity index (χ3v) is 13.1. The number of nitrogen functional groups attached to an aromatic ring is 1. The molecule has 2 heterocycles. The van der Waals surface area contributed by atoms with Crippen LogP contribution < -0.4 is 11.1 Å². The van der Waals surface area contributed by atoms with Gasteiger partial charge in [-0.05, 0) is 162 Å². The zero-order valence-corrected chi connectivity index (χ0v) is 38.8. The van der Waals surface area contributed by atoms with Crippen LogP contribution in [0.1, 0.15) is 156 Å². The Labute approximate surface area is 351 Å². The normalized spacial score (nSPS) is 17.7. The van der Waals surface area contributed by atoms with Crippen molar-refractivity contribution in [1.29, 1.82) is 0 Å². The lowest BCUT2D eigenvalue weighted by Crippen LogP contribution is -2.33. The van der Waals surface area contributed by atoms with Crippen LogP contribution in [-0.2, 0) is 32.5 Å². The first-order valence-electron chi connectivity index (χ1n) is 20.8. The summed E-state index contributed by atoms with van der Waals surface area (Å²) in [5, 5.41) is 5.82. The molecule has 0 radical (unpaired) electrons. The largest absolute Gasteiger partial charge is 0.449 e. The van der Waals surface area contributed by atoms with Crippen molar-refractivity contribution in [2.45, 2.75) is 155 Å². The monoisotopic (exact) mass is 830 g/mol. The van der Waals surface area contributed by atoms with Crippen LogP contribution in [0.3, 0.4) is 0 Å². The predicted octanol–water partition coefficient (Wildman–Crippen LogP) is 15.9. The van der Waals surface area contributed by atoms with Crippen molar-refractivity contribution >= 4 is 55.1 Å². The van der Waals surface area contributed by atoms with Crippen LogP contribution in [-0.4, -0.2) is 0 Å². The molecule has 3 N–H and O–H groups in total. The maximum absolute atomic E-state index is 6.19. The molecule has 0 unspecified atom stereocenters. The van der Waals surface area contributed by atoms with Crippen molar-refractivity contribution in [3.8, 4) is 0 Å². The van der Waals surface area contributed by atoms with Gasteiger partial charge >= 0.3 is 0 Å². The Bertz CT molecular complexity index is 2250. The molecule has 2 aromatic heterocycles. The van der Waals surface area contributed by atoms with E-state index in [0.717, 1.165) is 33.1 Å². The summed E-state index contributed by atoms with van der Waals surface area (Å²) in [6, 6.07) is 30.1. The van der Waals surface area contributed by atoms with E-state index in [1.54, 1.807) is 0 Å². The van der Waals surface area contributed by atoms with Gasteiger partial charge in [-0.2, -0.15) is 0 Å². The van der Waals surface area contributed by atoms with E-state index in [9.17, 15) is 0 Å². The Kier molecular flexibility index (Phi) is 11.2. The van der Waals surface area contributed by atoms with E-state index >= 15 is 0 Å². The van der Waals surface area contributed by atoms with Crippen molar-refractivity contribution in [2.24, 2.45) is 0 Å². The molecule has 0 bridgehead atoms. The third-order valence-electron chi connectivity index (χ3n) is 12.7. The van der Waals surface area contributed by atoms with Crippen molar-refractivity contribution in [1.82, 2.24) is 0 Å². The first-order valence-corrected chi connectivity index (χ1v) is 21.6. The minimum absolute atomic E-state index is 0.163. The van der Waals surface area contributed by atoms with Gasteiger partial charge in [0.25, 0.3) is 0 Å². The van der Waals surface area contributed by atoms with Gasteiger partial charge in [0.1, 0.15) is 11.2 Å². The van der Waals surface area contributed by atoms with Gasteiger partial charge in [0.15, 0.2) is 10.6 Å². The quantitative estimate of drug-likeness (QED) is 0.171. The molecule has 0 saturated carbocycles. The molecule has 0 aliphatic heterocycles. The highest BCUT2D eigenvalue weighted by molar-refractivity contribution is 9.10. The van der Waals surface area contributed by atoms with Crippen molar-refractivity contribution in [3.05, 3.63) is 123 Å². The summed E-state index contributed by atoms with van der Waals surface area (Å²) in [4.78, 5) is 0. The average Bonchev–Trinajstić information content (AvgIpc) is 3.69. The predicted molar refractivity (Wildman–Crippen MR) is 249 cm³/mol. The fraction of sp³-hybridized carbons (Fsp3) is 0.462. The van der Waals surface area contributed by atoms with E-state index in [4.69, 9.17) is 14.6 Å². The topological polar surface area (TPSA) is 64.3 Å². The lowest BCUT2D eigenvalue weighted by atomic mass is 9.63. The van der Waals surface area contributed by atoms with Gasteiger partial charge in [-0.25, -0.2) is 0 Å². The summed E-state index contributed by atoms with van der Waals surface area (Å²) in [6.07, 6.45) is 4.92. The van der Waals surface area contributed by atoms with Crippen LogP contribution in [0.4, 0.5) is 17.3 Å². The number of benzene rings is 4. The zero-order valence-electron chi connectivity index (χ0n) is 37.2. The summed E-state index contributed by atoms with van der Waals surface area (Å²) in [6.45, 7) is 32.1. The molecular formula is C52H67BrN2O2. The third kappa shape index (κ3) is 9.35. The van der Waals surface area contributed by atoms with E-state index in [-0.39, 0.29) is 32.5 Å². The first-order chi connectivity index (χ1) is 26.2. The van der Waals surface area contributed by atoms with E-state index in [1.165, 1.54) is 69.8 Å². The first kappa shape index (κ1) is 42.6. The lowest BCUT2D eigenvalue weighted by molar-refractivity contribution is 0.332. The summed E-state index contributed by atoms with van der Waals surface area (Å²) in [5.74, 6) is 0.802. The maximum atomic E-state index is 6.19. The highest BCUT2D eigenvalue weighted by Gasteiger charge is 2.39. The maximum Gasteiger partial charge on any atom is 0.198 e. The molecule has 0 atom stereocenters. The number of nitrogens with one attached hydrogen (secondary N) is 1. The second kappa shape index (κ2) is 15.0. The number of nitrogens with two attached hydrogens (primary N) is 1. The van der Waals surface area contributed by atoms with Crippen LogP contribution in [0, 0.1) is 0 Å². The summed E-state index contributed by atoms with van der Waals surface area (Å²) in [7, 11) is 0. The number of fused-ring (bicyclic) bond motifs is 4.